The van der Waals surface area contributed by atoms with Gasteiger partial charge in [0.15, 0.2) is 0 Å². The molecule has 2 aliphatic rings. The summed E-state index contributed by atoms with van der Waals surface area (Å²) < 4.78 is 5.07. The van der Waals surface area contributed by atoms with Gasteiger partial charge in [0.1, 0.15) is 5.76 Å². The Balaban J connectivity index is 1.47. The quantitative estimate of drug-likeness (QED) is 0.822. The lowest BCUT2D eigenvalue weighted by Gasteiger charge is -2.38. The van der Waals surface area contributed by atoms with Gasteiger partial charge in [0.25, 0.3) is 0 Å². The highest BCUT2D eigenvalue weighted by Gasteiger charge is 2.31. The number of aryl methyl sites for hydroxylation is 1. The van der Waals surface area contributed by atoms with Crippen LogP contribution in [0.15, 0.2) is 10.6 Å². The van der Waals surface area contributed by atoms with Gasteiger partial charge in [-0.1, -0.05) is 5.16 Å². The number of hydrogen-bond acceptors (Lipinski definition) is 5. The zero-order valence-electron chi connectivity index (χ0n) is 11.3. The number of amides is 1. The summed E-state index contributed by atoms with van der Waals surface area (Å²) >= 11 is 0. The molecular formula is C13H20N4O2. The van der Waals surface area contributed by atoms with Gasteiger partial charge in [-0.3, -0.25) is 9.69 Å². The number of nitrogens with one attached hydrogen (secondary N) is 1. The van der Waals surface area contributed by atoms with Gasteiger partial charge in [-0.15, -0.1) is 0 Å². The second-order valence-electron chi connectivity index (χ2n) is 5.39. The molecular weight excluding hydrogens is 244 g/mol. The standard InChI is InChI=1S/C13H20N4O2/c1-10-6-12(15-19-10)9-16-2-4-17(5-3-16)13(18)11-7-14-8-11/h6,11,14H,2-5,7-9H2,1H3. The van der Waals surface area contributed by atoms with E-state index in [1.54, 1.807) is 0 Å². The molecule has 0 atom stereocenters. The minimum absolute atomic E-state index is 0.213. The second-order valence-corrected chi connectivity index (χ2v) is 5.39. The summed E-state index contributed by atoms with van der Waals surface area (Å²) in [5.41, 5.74) is 0.973. The Kier molecular flexibility index (Phi) is 3.52. The van der Waals surface area contributed by atoms with E-state index < -0.39 is 0 Å². The Hall–Kier alpha value is -1.40. The first-order chi connectivity index (χ1) is 9.22. The van der Waals surface area contributed by atoms with Crippen LogP contribution in [-0.2, 0) is 11.3 Å². The van der Waals surface area contributed by atoms with Crippen molar-refractivity contribution < 1.29 is 9.32 Å². The Bertz CT molecular complexity index is 447. The lowest BCUT2D eigenvalue weighted by Crippen LogP contribution is -2.56. The molecule has 19 heavy (non-hydrogen) atoms. The van der Waals surface area contributed by atoms with E-state index in [1.165, 1.54) is 0 Å². The zero-order chi connectivity index (χ0) is 13.2. The van der Waals surface area contributed by atoms with E-state index in [0.717, 1.165) is 57.3 Å². The molecule has 1 N–H and O–H groups in total. The minimum atomic E-state index is 0.213. The molecule has 1 aromatic rings. The Morgan fingerprint density at radius 3 is 2.68 bits per heavy atom. The summed E-state index contributed by atoms with van der Waals surface area (Å²) in [6.45, 7) is 7.88. The Morgan fingerprint density at radius 1 is 1.42 bits per heavy atom. The van der Waals surface area contributed by atoms with Crippen molar-refractivity contribution in [2.45, 2.75) is 13.5 Å². The largest absolute Gasteiger partial charge is 0.361 e. The molecule has 2 fully saturated rings. The van der Waals surface area contributed by atoms with Gasteiger partial charge in [-0.05, 0) is 6.92 Å². The lowest BCUT2D eigenvalue weighted by molar-refractivity contribution is -0.138. The number of rotatable bonds is 3. The first-order valence-corrected chi connectivity index (χ1v) is 6.86. The summed E-state index contributed by atoms with van der Waals surface area (Å²) in [7, 11) is 0. The monoisotopic (exact) mass is 264 g/mol. The molecule has 0 saturated carbocycles. The molecule has 0 radical (unpaired) electrons. The van der Waals surface area contributed by atoms with Gasteiger partial charge in [-0.25, -0.2) is 0 Å². The average molecular weight is 264 g/mol. The van der Waals surface area contributed by atoms with Gasteiger partial charge in [0.05, 0.1) is 11.6 Å². The van der Waals surface area contributed by atoms with Crippen LogP contribution in [0.25, 0.3) is 0 Å². The van der Waals surface area contributed by atoms with Crippen LogP contribution in [0.5, 0.6) is 0 Å². The van der Waals surface area contributed by atoms with E-state index in [2.05, 4.69) is 15.4 Å². The molecule has 0 aromatic carbocycles. The van der Waals surface area contributed by atoms with Crippen molar-refractivity contribution in [2.75, 3.05) is 39.3 Å². The molecule has 0 bridgehead atoms. The SMILES string of the molecule is Cc1cc(CN2CCN(C(=O)C3CNC3)CC2)no1. The van der Waals surface area contributed by atoms with E-state index in [1.807, 2.05) is 17.9 Å². The molecule has 3 rings (SSSR count). The summed E-state index contributed by atoms with van der Waals surface area (Å²) in [5, 5.41) is 7.16. The number of carbonyl (C=O) groups excluding carboxylic acids is 1. The minimum Gasteiger partial charge on any atom is -0.361 e. The number of carbonyl (C=O) groups is 1. The highest BCUT2D eigenvalue weighted by atomic mass is 16.5. The van der Waals surface area contributed by atoms with E-state index in [9.17, 15) is 4.79 Å². The maximum absolute atomic E-state index is 12.1. The van der Waals surface area contributed by atoms with Crippen LogP contribution in [0.3, 0.4) is 0 Å². The third-order valence-corrected chi connectivity index (χ3v) is 3.88. The lowest BCUT2D eigenvalue weighted by atomic mass is 10.0. The molecule has 2 aliphatic heterocycles. The summed E-state index contributed by atoms with van der Waals surface area (Å²) in [6, 6.07) is 1.97. The topological polar surface area (TPSA) is 61.6 Å². The van der Waals surface area contributed by atoms with E-state index in [-0.39, 0.29) is 5.92 Å². The second kappa shape index (κ2) is 5.30. The molecule has 1 amide bonds. The molecule has 2 saturated heterocycles. The third-order valence-electron chi connectivity index (χ3n) is 3.88. The normalized spacial score (nSPS) is 21.4. The fourth-order valence-corrected chi connectivity index (χ4v) is 2.57. The van der Waals surface area contributed by atoms with Gasteiger partial charge in [0.2, 0.25) is 5.91 Å². The first-order valence-electron chi connectivity index (χ1n) is 6.86. The number of aromatic nitrogens is 1. The van der Waals surface area contributed by atoms with Crippen molar-refractivity contribution in [2.24, 2.45) is 5.92 Å². The van der Waals surface area contributed by atoms with Crippen molar-refractivity contribution in [1.82, 2.24) is 20.3 Å². The highest BCUT2D eigenvalue weighted by molar-refractivity contribution is 5.80. The third kappa shape index (κ3) is 2.79. The molecule has 0 aliphatic carbocycles. The summed E-state index contributed by atoms with van der Waals surface area (Å²) in [6.07, 6.45) is 0. The maximum Gasteiger partial charge on any atom is 0.228 e. The van der Waals surface area contributed by atoms with Gasteiger partial charge in [-0.2, -0.15) is 0 Å². The molecule has 1 aromatic heterocycles. The van der Waals surface area contributed by atoms with Crippen molar-refractivity contribution in [3.05, 3.63) is 17.5 Å². The summed E-state index contributed by atoms with van der Waals surface area (Å²) in [4.78, 5) is 16.4. The molecule has 6 heteroatoms. The number of nitrogens with zero attached hydrogens (tertiary/aromatic N) is 3. The predicted molar refractivity (Wildman–Crippen MR) is 69.5 cm³/mol. The van der Waals surface area contributed by atoms with Crippen LogP contribution in [0, 0.1) is 12.8 Å². The molecule has 0 spiro atoms. The summed E-state index contributed by atoms with van der Waals surface area (Å²) in [5.74, 6) is 1.38. The van der Waals surface area contributed by atoms with Crippen molar-refractivity contribution >= 4 is 5.91 Å². The van der Waals surface area contributed by atoms with Gasteiger partial charge < -0.3 is 14.7 Å². The molecule has 0 unspecified atom stereocenters. The van der Waals surface area contributed by atoms with E-state index in [4.69, 9.17) is 4.52 Å². The first kappa shape index (κ1) is 12.6. The average Bonchev–Trinajstić information content (AvgIpc) is 2.73. The van der Waals surface area contributed by atoms with Crippen LogP contribution in [0.1, 0.15) is 11.5 Å². The fraction of sp³-hybridized carbons (Fsp3) is 0.692. The van der Waals surface area contributed by atoms with Gasteiger partial charge in [0, 0.05) is 51.9 Å². The van der Waals surface area contributed by atoms with Crippen LogP contribution in [-0.4, -0.2) is 60.1 Å². The maximum atomic E-state index is 12.1. The van der Waals surface area contributed by atoms with E-state index in [0.29, 0.717) is 5.91 Å². The number of hydrogen-bond donors (Lipinski definition) is 1. The zero-order valence-corrected chi connectivity index (χ0v) is 11.3. The molecule has 104 valence electrons. The molecule has 6 nitrogen and oxygen atoms in total. The van der Waals surface area contributed by atoms with Crippen LogP contribution >= 0.6 is 0 Å². The van der Waals surface area contributed by atoms with Crippen LogP contribution in [0.4, 0.5) is 0 Å². The van der Waals surface area contributed by atoms with Gasteiger partial charge >= 0.3 is 0 Å². The highest BCUT2D eigenvalue weighted by Crippen LogP contribution is 2.13. The smallest absolute Gasteiger partial charge is 0.228 e. The Morgan fingerprint density at radius 2 is 2.16 bits per heavy atom. The van der Waals surface area contributed by atoms with Crippen LogP contribution in [0.2, 0.25) is 0 Å². The Labute approximate surface area is 112 Å². The van der Waals surface area contributed by atoms with Crippen molar-refractivity contribution in [3.8, 4) is 0 Å². The van der Waals surface area contributed by atoms with E-state index >= 15 is 0 Å². The predicted octanol–water partition coefficient (Wildman–Crippen LogP) is -0.153. The molecule has 3 heterocycles. The van der Waals surface area contributed by atoms with Crippen molar-refractivity contribution in [1.29, 1.82) is 0 Å². The number of piperazine rings is 1. The van der Waals surface area contributed by atoms with Crippen LogP contribution < -0.4 is 5.32 Å². The van der Waals surface area contributed by atoms with Crippen molar-refractivity contribution in [3.63, 3.8) is 0 Å². The fourth-order valence-electron chi connectivity index (χ4n) is 2.57.